The summed E-state index contributed by atoms with van der Waals surface area (Å²) in [6, 6.07) is -0.642. The molecule has 191 valence electrons. The van der Waals surface area contributed by atoms with Gasteiger partial charge in [0.05, 0.1) is 24.9 Å². The smallest absolute Gasteiger partial charge is 0.163 e. The van der Waals surface area contributed by atoms with Crippen molar-refractivity contribution in [3.05, 3.63) is 17.9 Å². The van der Waals surface area contributed by atoms with Crippen molar-refractivity contribution in [3.8, 4) is 0 Å². The molecule has 2 fully saturated rings. The zero-order valence-corrected chi connectivity index (χ0v) is 66.1. The SMILES string of the molecule is CC[C@H]1OC(C)(C)O[C@H]1[C@@H]([NH-])/C=C/C[C@@H]1OC(CO)[C@H](O)[C@H](O)C1O.[Y].[Y].[Y].[Y].[Y].[Y].[Y].[Y].[Y].[Y].[Y].[Y].[Y].[Y].[Y]. The van der Waals surface area contributed by atoms with Gasteiger partial charge in [-0.15, -0.1) is 6.08 Å². The molecule has 23 heteroatoms. The molecular formula is C17H30NO7Y15-. The van der Waals surface area contributed by atoms with E-state index in [1.807, 2.05) is 20.8 Å². The van der Waals surface area contributed by atoms with Crippen LogP contribution < -0.4 is 0 Å². The quantitative estimate of drug-likeness (QED) is 0.278. The molecule has 8 nitrogen and oxygen atoms in total. The summed E-state index contributed by atoms with van der Waals surface area (Å²) in [7, 11) is 0. The molecule has 2 aliphatic heterocycles. The summed E-state index contributed by atoms with van der Waals surface area (Å²) in [4.78, 5) is 0. The van der Waals surface area contributed by atoms with Crippen LogP contribution in [0.3, 0.4) is 0 Å². The molecule has 8 atom stereocenters. The van der Waals surface area contributed by atoms with Gasteiger partial charge in [-0.2, -0.15) is 0 Å². The van der Waals surface area contributed by atoms with E-state index in [1.54, 1.807) is 12.2 Å². The van der Waals surface area contributed by atoms with E-state index < -0.39 is 49.0 Å². The maximum Gasteiger partial charge on any atom is 0.163 e. The van der Waals surface area contributed by atoms with Gasteiger partial charge in [0, 0.05) is 491 Å². The number of aliphatic hydroxyl groups excluding tert-OH is 4. The zero-order valence-electron chi connectivity index (χ0n) is 23.6. The van der Waals surface area contributed by atoms with E-state index in [0.717, 1.165) is 6.42 Å². The number of aliphatic hydroxyl groups is 4. The van der Waals surface area contributed by atoms with Crippen LogP contribution >= 0.6 is 0 Å². The van der Waals surface area contributed by atoms with Crippen LogP contribution in [0.25, 0.3) is 5.73 Å². The fourth-order valence-corrected chi connectivity index (χ4v) is 3.33. The Hall–Kier alpha value is 16.0. The predicted octanol–water partition coefficient (Wildman–Crippen LogP) is 0.0885. The van der Waals surface area contributed by atoms with Crippen molar-refractivity contribution in [2.24, 2.45) is 0 Å². The van der Waals surface area contributed by atoms with E-state index in [9.17, 15) is 20.4 Å². The zero-order chi connectivity index (χ0) is 18.8. The molecule has 2 saturated heterocycles. The van der Waals surface area contributed by atoms with Crippen LogP contribution in [0, 0.1) is 0 Å². The molecule has 0 saturated carbocycles. The second-order valence-electron chi connectivity index (χ2n) is 7.10. The minimum atomic E-state index is -1.38. The number of nitrogens with one attached hydrogen (secondary N) is 1. The summed E-state index contributed by atoms with van der Waals surface area (Å²) in [5.41, 5.74) is 8.27. The summed E-state index contributed by atoms with van der Waals surface area (Å²) in [6.45, 7) is 5.17. The number of ether oxygens (including phenoxy) is 3. The molecule has 2 rings (SSSR count). The summed E-state index contributed by atoms with van der Waals surface area (Å²) < 4.78 is 17.0. The first kappa shape index (κ1) is 96.0. The molecule has 0 bridgehead atoms. The van der Waals surface area contributed by atoms with E-state index in [4.69, 9.17) is 19.9 Å². The number of hydrogen-bond donors (Lipinski definition) is 4. The first-order chi connectivity index (χ1) is 11.7. The second kappa shape index (κ2) is 55.0. The Labute approximate surface area is 618 Å². The Morgan fingerprint density at radius 2 is 1.07 bits per heavy atom. The third-order valence-corrected chi connectivity index (χ3v) is 4.68. The fourth-order valence-electron chi connectivity index (χ4n) is 3.33. The van der Waals surface area contributed by atoms with E-state index >= 15 is 0 Å². The largest absolute Gasteiger partial charge is 0.669 e. The minimum Gasteiger partial charge on any atom is -0.669 e. The summed E-state index contributed by atoms with van der Waals surface area (Å²) >= 11 is 0. The first-order valence-electron chi connectivity index (χ1n) is 8.74. The van der Waals surface area contributed by atoms with Crippen LogP contribution in [0.2, 0.25) is 0 Å². The van der Waals surface area contributed by atoms with Crippen LogP contribution in [-0.4, -0.2) is 81.6 Å². The van der Waals surface area contributed by atoms with Crippen molar-refractivity contribution in [2.45, 2.75) is 88.2 Å². The van der Waals surface area contributed by atoms with Crippen LogP contribution in [-0.2, 0) is 505 Å². The summed E-state index contributed by atoms with van der Waals surface area (Å²) in [5, 5.41) is 38.7. The Kier molecular flexibility index (Phi) is 132. The van der Waals surface area contributed by atoms with E-state index in [-0.39, 0.29) is 509 Å². The Morgan fingerprint density at radius 1 is 0.675 bits per heavy atom. The topological polar surface area (TPSA) is 132 Å². The summed E-state index contributed by atoms with van der Waals surface area (Å²) in [6.07, 6.45) is -1.91. The molecule has 5 N–H and O–H groups in total. The van der Waals surface area contributed by atoms with E-state index in [0.29, 0.717) is 0 Å². The van der Waals surface area contributed by atoms with Crippen LogP contribution in [0.5, 0.6) is 0 Å². The average Bonchev–Trinajstić information content (AvgIpc) is 2.89. The van der Waals surface area contributed by atoms with Crippen LogP contribution in [0.4, 0.5) is 0 Å². The molecule has 0 aromatic heterocycles. The molecule has 2 heterocycles. The van der Waals surface area contributed by atoms with Crippen LogP contribution in [0.1, 0.15) is 33.6 Å². The maximum atomic E-state index is 10.0. The van der Waals surface area contributed by atoms with Gasteiger partial charge in [-0.05, 0) is 26.7 Å². The molecule has 2 aliphatic rings. The molecule has 0 aliphatic carbocycles. The molecule has 2 unspecified atom stereocenters. The van der Waals surface area contributed by atoms with Crippen molar-refractivity contribution in [1.82, 2.24) is 0 Å². The van der Waals surface area contributed by atoms with Crippen molar-refractivity contribution < 1.29 is 525 Å². The van der Waals surface area contributed by atoms with Gasteiger partial charge in [0.25, 0.3) is 0 Å². The molecule has 0 aromatic rings. The van der Waals surface area contributed by atoms with Gasteiger partial charge in [-0.3, -0.25) is 0 Å². The Balaban J connectivity index is -0.0000000376. The Morgan fingerprint density at radius 3 is 1.45 bits per heavy atom. The van der Waals surface area contributed by atoms with E-state index in [2.05, 4.69) is 0 Å². The van der Waals surface area contributed by atoms with Gasteiger partial charge in [0.15, 0.2) is 5.79 Å². The standard InChI is InChI=1S/C17H30NO7.15Y/c1-4-10-16(25-17(2,3)24-10)9(18)6-5-7-11-13(20)15(22)14(21)12(8-19)23-11;;;;;;;;;;;;;;;/h5-6,9-16,18-22H,4,7-8H2,1-3H3;;;;;;;;;;;;;;;/q-1;;;;;;;;;;;;;;;/b6-5+;;;;;;;;;;;;;;;/t9-,10+,11-,12?,13?,14-,15+,16-;;;;;;;;;;;;;;;/m0.............../s1. The third-order valence-electron chi connectivity index (χ3n) is 4.68. The van der Waals surface area contributed by atoms with Crippen molar-refractivity contribution in [1.29, 1.82) is 0 Å². The monoisotopic (exact) mass is 1690 g/mol. The van der Waals surface area contributed by atoms with Gasteiger partial charge in [0.2, 0.25) is 0 Å². The first-order valence-corrected chi connectivity index (χ1v) is 8.74. The molecule has 0 spiro atoms. The van der Waals surface area contributed by atoms with Crippen LogP contribution in [0.15, 0.2) is 12.2 Å². The second-order valence-corrected chi connectivity index (χ2v) is 7.10. The molecule has 15 radical (unpaired) electrons. The van der Waals surface area contributed by atoms with Crippen molar-refractivity contribution in [2.75, 3.05) is 6.61 Å². The van der Waals surface area contributed by atoms with Gasteiger partial charge < -0.3 is 40.4 Å². The minimum absolute atomic E-state index is 0. The van der Waals surface area contributed by atoms with Crippen molar-refractivity contribution in [3.63, 3.8) is 0 Å². The third kappa shape index (κ3) is 37.0. The van der Waals surface area contributed by atoms with Gasteiger partial charge in [-0.1, -0.05) is 19.0 Å². The molecular weight excluding hydrogens is 1660 g/mol. The van der Waals surface area contributed by atoms with Gasteiger partial charge in [-0.25, -0.2) is 0 Å². The van der Waals surface area contributed by atoms with Gasteiger partial charge in [0.1, 0.15) is 24.4 Å². The number of rotatable bonds is 6. The summed E-state index contributed by atoms with van der Waals surface area (Å²) in [5.74, 6) is -0.713. The normalized spacial score (nSPS) is 26.8. The Bertz CT molecular complexity index is 494. The molecule has 40 heavy (non-hydrogen) atoms. The maximum absolute atomic E-state index is 10.0. The fraction of sp³-hybridized carbons (Fsp3) is 0.882. The van der Waals surface area contributed by atoms with Crippen molar-refractivity contribution >= 4 is 0 Å². The molecule has 0 aromatic carbocycles. The molecule has 0 amide bonds. The number of hydrogen-bond acceptors (Lipinski definition) is 7. The average molecular weight is 1690 g/mol. The van der Waals surface area contributed by atoms with E-state index in [1.165, 1.54) is 0 Å². The predicted molar refractivity (Wildman–Crippen MR) is 89.7 cm³/mol. The van der Waals surface area contributed by atoms with Gasteiger partial charge >= 0.3 is 0 Å².